The molecule has 1 atom stereocenters. The van der Waals surface area contributed by atoms with Crippen molar-refractivity contribution in [1.82, 2.24) is 19.3 Å². The zero-order valence-electron chi connectivity index (χ0n) is 14.6. The predicted molar refractivity (Wildman–Crippen MR) is 97.6 cm³/mol. The summed E-state index contributed by atoms with van der Waals surface area (Å²) >= 11 is 1.10. The number of sulfonamides is 1. The normalized spacial score (nSPS) is 21.5. The van der Waals surface area contributed by atoms with Crippen molar-refractivity contribution in [3.63, 3.8) is 0 Å². The number of thiazole rings is 1. The molecule has 1 amide bonds. The third-order valence-corrected chi connectivity index (χ3v) is 6.94. The lowest BCUT2D eigenvalue weighted by Gasteiger charge is -2.32. The van der Waals surface area contributed by atoms with Crippen LogP contribution >= 0.6 is 11.3 Å². The van der Waals surface area contributed by atoms with Crippen LogP contribution in [0.4, 0.5) is 14.6 Å². The van der Waals surface area contributed by atoms with Gasteiger partial charge in [0.25, 0.3) is 12.3 Å². The number of aromatic nitrogens is 3. The third kappa shape index (κ3) is 3.77. The van der Waals surface area contributed by atoms with Crippen LogP contribution in [0, 0.1) is 0 Å². The first kappa shape index (κ1) is 20.0. The summed E-state index contributed by atoms with van der Waals surface area (Å²) in [5.41, 5.74) is 3.78. The summed E-state index contributed by atoms with van der Waals surface area (Å²) in [6.45, 7) is 1.57. The first-order valence-electron chi connectivity index (χ1n) is 7.71. The van der Waals surface area contributed by atoms with E-state index in [1.54, 1.807) is 6.92 Å². The van der Waals surface area contributed by atoms with Gasteiger partial charge in [-0.1, -0.05) is 0 Å². The highest BCUT2D eigenvalue weighted by molar-refractivity contribution is 7.89. The predicted octanol–water partition coefficient (Wildman–Crippen LogP) is 0.928. The molecule has 0 saturated heterocycles. The van der Waals surface area contributed by atoms with Crippen LogP contribution in [0.25, 0.3) is 0 Å². The number of rotatable bonds is 4. The van der Waals surface area contributed by atoms with Gasteiger partial charge in [0, 0.05) is 12.4 Å². The van der Waals surface area contributed by atoms with Gasteiger partial charge in [0.1, 0.15) is 33.5 Å². The molecule has 28 heavy (non-hydrogen) atoms. The summed E-state index contributed by atoms with van der Waals surface area (Å²) in [5.74, 6) is -1.06. The van der Waals surface area contributed by atoms with Gasteiger partial charge in [0.2, 0.25) is 16.0 Å². The summed E-state index contributed by atoms with van der Waals surface area (Å²) in [6, 6.07) is 0. The Morgan fingerprint density at radius 2 is 2.11 bits per heavy atom. The summed E-state index contributed by atoms with van der Waals surface area (Å²) in [4.78, 5) is 27.7. The number of nitrogens with zero attached hydrogens (tertiary/aromatic N) is 5. The average Bonchev–Trinajstić information content (AvgIpc) is 3.09. The third-order valence-electron chi connectivity index (χ3n) is 3.90. The number of nitrogens with two attached hydrogens (primary N) is 1. The van der Waals surface area contributed by atoms with E-state index in [9.17, 15) is 22.0 Å². The SMILES string of the molecule is CN1C(N)=N[C@](C)(c2nc(NC(=O)c3cnc(C(F)F)cn3)cs2)CS1(=O)=O. The Bertz CT molecular complexity index is 1040. The highest BCUT2D eigenvalue weighted by atomic mass is 32.2. The van der Waals surface area contributed by atoms with E-state index in [0.717, 1.165) is 28.0 Å². The number of carbonyl (C=O) groups excluding carboxylic acids is 1. The van der Waals surface area contributed by atoms with Crippen LogP contribution in [0.5, 0.6) is 0 Å². The summed E-state index contributed by atoms with van der Waals surface area (Å²) in [5, 5.41) is 4.29. The van der Waals surface area contributed by atoms with Crippen LogP contribution in [0.2, 0.25) is 0 Å². The van der Waals surface area contributed by atoms with E-state index >= 15 is 0 Å². The summed E-state index contributed by atoms with van der Waals surface area (Å²) in [6.07, 6.45) is -1.04. The van der Waals surface area contributed by atoms with Gasteiger partial charge in [-0.2, -0.15) is 0 Å². The number of halogens is 2. The van der Waals surface area contributed by atoms with E-state index in [-0.39, 0.29) is 23.2 Å². The number of nitrogens with one attached hydrogen (secondary N) is 1. The minimum Gasteiger partial charge on any atom is -0.369 e. The largest absolute Gasteiger partial charge is 0.369 e. The van der Waals surface area contributed by atoms with Crippen molar-refractivity contribution in [3.8, 4) is 0 Å². The number of anilines is 1. The molecule has 3 N–H and O–H groups in total. The Hall–Kier alpha value is -2.74. The van der Waals surface area contributed by atoms with Crippen molar-refractivity contribution >= 4 is 39.0 Å². The molecular formula is C14H15F2N7O3S2. The minimum absolute atomic E-state index is 0.135. The molecule has 14 heteroatoms. The van der Waals surface area contributed by atoms with Gasteiger partial charge in [-0.3, -0.25) is 9.78 Å². The first-order valence-corrected chi connectivity index (χ1v) is 10.2. The van der Waals surface area contributed by atoms with Gasteiger partial charge in [-0.05, 0) is 6.92 Å². The van der Waals surface area contributed by atoms with Gasteiger partial charge in [0.05, 0.1) is 12.4 Å². The molecule has 0 unspecified atom stereocenters. The topological polar surface area (TPSA) is 144 Å². The number of hydrogen-bond donors (Lipinski definition) is 2. The summed E-state index contributed by atoms with van der Waals surface area (Å²) in [7, 11) is -2.35. The molecule has 3 heterocycles. The van der Waals surface area contributed by atoms with Crippen molar-refractivity contribution in [2.45, 2.75) is 18.9 Å². The standard InChI is InChI=1S/C14H15F2N7O3S2/c1-14(6-28(25,26)23(2)13(17)22-14)12-21-9(5-27-12)20-11(24)8-4-18-7(3-19-8)10(15)16/h3-5,10H,6H2,1-2H3,(H2,17,22)(H,20,24)/t14-/m0/s1. The van der Waals surface area contributed by atoms with Crippen LogP contribution in [0.15, 0.2) is 22.8 Å². The van der Waals surface area contributed by atoms with Gasteiger partial charge in [0.15, 0.2) is 0 Å². The molecule has 0 fully saturated rings. The second-order valence-corrected chi connectivity index (χ2v) is 8.95. The zero-order valence-corrected chi connectivity index (χ0v) is 16.3. The Morgan fingerprint density at radius 3 is 2.68 bits per heavy atom. The molecule has 2 aromatic rings. The molecule has 1 aliphatic rings. The molecule has 150 valence electrons. The molecule has 10 nitrogen and oxygen atoms in total. The first-order chi connectivity index (χ1) is 13.0. The highest BCUT2D eigenvalue weighted by Gasteiger charge is 2.42. The van der Waals surface area contributed by atoms with Crippen molar-refractivity contribution in [3.05, 3.63) is 34.2 Å². The molecule has 0 radical (unpaired) electrons. The van der Waals surface area contributed by atoms with Gasteiger partial charge in [-0.15, -0.1) is 11.3 Å². The van der Waals surface area contributed by atoms with Crippen molar-refractivity contribution < 1.29 is 22.0 Å². The van der Waals surface area contributed by atoms with Gasteiger partial charge in [-0.25, -0.2) is 36.5 Å². The van der Waals surface area contributed by atoms with E-state index < -0.39 is 33.6 Å². The molecule has 0 saturated carbocycles. The Labute approximate surface area is 162 Å². The monoisotopic (exact) mass is 431 g/mol. The van der Waals surface area contributed by atoms with E-state index in [0.29, 0.717) is 5.01 Å². The van der Waals surface area contributed by atoms with Crippen LogP contribution in [0.3, 0.4) is 0 Å². The Kier molecular flexibility index (Phi) is 5.01. The van der Waals surface area contributed by atoms with Crippen molar-refractivity contribution in [1.29, 1.82) is 0 Å². The van der Waals surface area contributed by atoms with Crippen molar-refractivity contribution in [2.75, 3.05) is 18.1 Å². The van der Waals surface area contributed by atoms with Crippen molar-refractivity contribution in [2.24, 2.45) is 10.7 Å². The van der Waals surface area contributed by atoms with Gasteiger partial charge < -0.3 is 11.1 Å². The fraction of sp³-hybridized carbons (Fsp3) is 0.357. The lowest BCUT2D eigenvalue weighted by atomic mass is 10.1. The maximum absolute atomic E-state index is 12.5. The molecule has 0 aromatic carbocycles. The molecule has 3 rings (SSSR count). The number of carbonyl (C=O) groups is 1. The molecule has 1 aliphatic heterocycles. The highest BCUT2D eigenvalue weighted by Crippen LogP contribution is 2.34. The number of amides is 1. The van der Waals surface area contributed by atoms with E-state index in [4.69, 9.17) is 5.73 Å². The lowest BCUT2D eigenvalue weighted by Crippen LogP contribution is -2.50. The van der Waals surface area contributed by atoms with Gasteiger partial charge >= 0.3 is 0 Å². The second kappa shape index (κ2) is 7.01. The van der Waals surface area contributed by atoms with Crippen LogP contribution < -0.4 is 11.1 Å². The second-order valence-electron chi connectivity index (χ2n) is 6.09. The average molecular weight is 431 g/mol. The maximum Gasteiger partial charge on any atom is 0.281 e. The number of aliphatic imine (C=N–C) groups is 1. The molecule has 0 bridgehead atoms. The fourth-order valence-corrected chi connectivity index (χ4v) is 4.77. The van der Waals surface area contributed by atoms with E-state index in [1.165, 1.54) is 12.4 Å². The molecule has 0 spiro atoms. The van der Waals surface area contributed by atoms with Crippen LogP contribution in [0.1, 0.15) is 34.5 Å². The Morgan fingerprint density at radius 1 is 1.39 bits per heavy atom. The van der Waals surface area contributed by atoms with E-state index in [1.807, 2.05) is 0 Å². The Balaban J connectivity index is 1.80. The smallest absolute Gasteiger partial charge is 0.281 e. The maximum atomic E-state index is 12.5. The fourth-order valence-electron chi connectivity index (χ4n) is 2.39. The zero-order chi connectivity index (χ0) is 20.7. The van der Waals surface area contributed by atoms with E-state index in [2.05, 4.69) is 25.3 Å². The number of guanidine groups is 1. The minimum atomic E-state index is -3.66. The molecular weight excluding hydrogens is 416 g/mol. The number of alkyl halides is 2. The van der Waals surface area contributed by atoms with Crippen LogP contribution in [-0.2, 0) is 15.6 Å². The molecule has 2 aromatic heterocycles. The van der Waals surface area contributed by atoms with Crippen LogP contribution in [-0.4, -0.2) is 52.3 Å². The lowest BCUT2D eigenvalue weighted by molar-refractivity contribution is 0.102. The quantitative estimate of drug-likeness (QED) is 0.733. The summed E-state index contributed by atoms with van der Waals surface area (Å²) < 4.78 is 50.3. The number of hydrogen-bond acceptors (Lipinski definition) is 9. The molecule has 0 aliphatic carbocycles.